The second kappa shape index (κ2) is 5.75. The van der Waals surface area contributed by atoms with Crippen LogP contribution in [0.1, 0.15) is 16.0 Å². The molecule has 2 heterocycles. The number of hydrogen-bond acceptors (Lipinski definition) is 4. The van der Waals surface area contributed by atoms with Crippen LogP contribution >= 0.6 is 35.3 Å². The van der Waals surface area contributed by atoms with E-state index in [2.05, 4.69) is 6.07 Å². The molecule has 0 radical (unpaired) electrons. The molecular formula is C16H13NOS3. The Labute approximate surface area is 137 Å². The second-order valence-corrected chi connectivity index (χ2v) is 7.45. The van der Waals surface area contributed by atoms with Gasteiger partial charge in [-0.05, 0) is 54.6 Å². The molecule has 5 heteroatoms. The van der Waals surface area contributed by atoms with Crippen molar-refractivity contribution in [2.24, 2.45) is 0 Å². The zero-order chi connectivity index (χ0) is 15.0. The quantitative estimate of drug-likeness (QED) is 0.584. The van der Waals surface area contributed by atoms with Crippen molar-refractivity contribution in [3.05, 3.63) is 56.6 Å². The highest BCUT2D eigenvalue weighted by atomic mass is 32.2. The van der Waals surface area contributed by atoms with Gasteiger partial charge in [0.2, 0.25) is 0 Å². The van der Waals surface area contributed by atoms with Crippen molar-refractivity contribution in [3.8, 4) is 0 Å². The SMILES string of the molecule is Cc1cccc(N2C(=O)/C(=C/c3sccc3C)SC2=S)c1. The third-order valence-corrected chi connectivity index (χ3v) is 5.49. The van der Waals surface area contributed by atoms with Crippen LogP contribution in [0.4, 0.5) is 5.69 Å². The molecule has 1 fully saturated rings. The lowest BCUT2D eigenvalue weighted by Crippen LogP contribution is -2.27. The van der Waals surface area contributed by atoms with Crippen LogP contribution in [-0.2, 0) is 4.79 Å². The Hall–Kier alpha value is -1.43. The number of rotatable bonds is 2. The van der Waals surface area contributed by atoms with Crippen LogP contribution in [-0.4, -0.2) is 10.2 Å². The van der Waals surface area contributed by atoms with Gasteiger partial charge in [0.05, 0.1) is 10.6 Å². The first-order valence-electron chi connectivity index (χ1n) is 6.45. The molecule has 0 unspecified atom stereocenters. The molecule has 0 bridgehead atoms. The summed E-state index contributed by atoms with van der Waals surface area (Å²) in [7, 11) is 0. The predicted octanol–water partition coefficient (Wildman–Crippen LogP) is 4.77. The molecule has 0 atom stereocenters. The van der Waals surface area contributed by atoms with Crippen molar-refractivity contribution in [2.45, 2.75) is 13.8 Å². The summed E-state index contributed by atoms with van der Waals surface area (Å²) in [6, 6.07) is 9.89. The van der Waals surface area contributed by atoms with Crippen molar-refractivity contribution in [1.82, 2.24) is 0 Å². The van der Waals surface area contributed by atoms with E-state index in [9.17, 15) is 4.79 Å². The average Bonchev–Trinajstić information content (AvgIpc) is 2.95. The van der Waals surface area contributed by atoms with E-state index in [1.54, 1.807) is 16.2 Å². The number of anilines is 1. The molecule has 106 valence electrons. The molecule has 0 aliphatic carbocycles. The molecule has 0 N–H and O–H groups in total. The van der Waals surface area contributed by atoms with Crippen molar-refractivity contribution >= 4 is 57.3 Å². The van der Waals surface area contributed by atoms with Crippen LogP contribution in [0.15, 0.2) is 40.6 Å². The number of carbonyl (C=O) groups is 1. The molecule has 0 spiro atoms. The highest BCUT2D eigenvalue weighted by molar-refractivity contribution is 8.27. The molecule has 1 aliphatic heterocycles. The van der Waals surface area contributed by atoms with Crippen LogP contribution < -0.4 is 4.90 Å². The van der Waals surface area contributed by atoms with Crippen molar-refractivity contribution < 1.29 is 4.79 Å². The van der Waals surface area contributed by atoms with Crippen LogP contribution in [0.2, 0.25) is 0 Å². The average molecular weight is 331 g/mol. The molecule has 0 saturated carbocycles. The van der Waals surface area contributed by atoms with Crippen LogP contribution in [0.3, 0.4) is 0 Å². The van der Waals surface area contributed by atoms with Gasteiger partial charge in [-0.2, -0.15) is 0 Å². The van der Waals surface area contributed by atoms with Gasteiger partial charge < -0.3 is 0 Å². The van der Waals surface area contributed by atoms with E-state index in [0.29, 0.717) is 9.23 Å². The number of nitrogens with zero attached hydrogens (tertiary/aromatic N) is 1. The summed E-state index contributed by atoms with van der Waals surface area (Å²) in [4.78, 5) is 16.0. The molecule has 1 amide bonds. The van der Waals surface area contributed by atoms with E-state index in [0.717, 1.165) is 16.1 Å². The van der Waals surface area contributed by atoms with E-state index < -0.39 is 0 Å². The van der Waals surface area contributed by atoms with Gasteiger partial charge in [0.25, 0.3) is 5.91 Å². The fourth-order valence-electron chi connectivity index (χ4n) is 2.11. The summed E-state index contributed by atoms with van der Waals surface area (Å²) in [6.45, 7) is 4.05. The predicted molar refractivity (Wildman–Crippen MR) is 95.9 cm³/mol. The molecule has 1 aromatic heterocycles. The van der Waals surface area contributed by atoms with E-state index >= 15 is 0 Å². The maximum atomic E-state index is 12.6. The fourth-order valence-corrected chi connectivity index (χ4v) is 4.32. The first-order chi connectivity index (χ1) is 10.1. The lowest BCUT2D eigenvalue weighted by molar-refractivity contribution is -0.113. The minimum absolute atomic E-state index is 0.0385. The van der Waals surface area contributed by atoms with Gasteiger partial charge in [-0.25, -0.2) is 0 Å². The smallest absolute Gasteiger partial charge is 0.268 e. The molecule has 1 saturated heterocycles. The summed E-state index contributed by atoms with van der Waals surface area (Å²) >= 11 is 8.38. The monoisotopic (exact) mass is 331 g/mol. The number of thiocarbonyl (C=S) groups is 1. The summed E-state index contributed by atoms with van der Waals surface area (Å²) in [5.41, 5.74) is 3.13. The largest absolute Gasteiger partial charge is 0.270 e. The lowest BCUT2D eigenvalue weighted by atomic mass is 10.2. The Morgan fingerprint density at radius 3 is 2.71 bits per heavy atom. The lowest BCUT2D eigenvalue weighted by Gasteiger charge is -2.14. The van der Waals surface area contributed by atoms with Gasteiger partial charge in [0, 0.05) is 4.88 Å². The maximum Gasteiger partial charge on any atom is 0.270 e. The van der Waals surface area contributed by atoms with Gasteiger partial charge in [-0.15, -0.1) is 11.3 Å². The first kappa shape index (κ1) is 14.5. The molecule has 1 aromatic carbocycles. The van der Waals surface area contributed by atoms with Crippen LogP contribution in [0.25, 0.3) is 6.08 Å². The standard InChI is InChI=1S/C16H13NOS3/c1-10-4-3-5-12(8-10)17-15(18)14(21-16(17)19)9-13-11(2)6-7-20-13/h3-9H,1-2H3/b14-9-. The van der Waals surface area contributed by atoms with Crippen molar-refractivity contribution in [3.63, 3.8) is 0 Å². The van der Waals surface area contributed by atoms with E-state index in [1.165, 1.54) is 17.3 Å². The third-order valence-electron chi connectivity index (χ3n) is 3.22. The van der Waals surface area contributed by atoms with Gasteiger partial charge >= 0.3 is 0 Å². The first-order valence-corrected chi connectivity index (χ1v) is 8.55. The summed E-state index contributed by atoms with van der Waals surface area (Å²) < 4.78 is 0.589. The van der Waals surface area contributed by atoms with Crippen LogP contribution in [0.5, 0.6) is 0 Å². The van der Waals surface area contributed by atoms with E-state index in [-0.39, 0.29) is 5.91 Å². The number of thiophene rings is 1. The van der Waals surface area contributed by atoms with E-state index in [1.807, 2.05) is 49.6 Å². The molecule has 1 aliphatic rings. The van der Waals surface area contributed by atoms with Crippen LogP contribution in [0, 0.1) is 13.8 Å². The summed E-state index contributed by atoms with van der Waals surface area (Å²) in [5.74, 6) is -0.0385. The number of benzene rings is 1. The van der Waals surface area contributed by atoms with E-state index in [4.69, 9.17) is 12.2 Å². The fraction of sp³-hybridized carbons (Fsp3) is 0.125. The van der Waals surface area contributed by atoms with Gasteiger partial charge in [0.1, 0.15) is 0 Å². The Bertz CT molecular complexity index is 760. The minimum atomic E-state index is -0.0385. The Morgan fingerprint density at radius 1 is 1.24 bits per heavy atom. The minimum Gasteiger partial charge on any atom is -0.268 e. The maximum absolute atomic E-state index is 12.6. The summed E-state index contributed by atoms with van der Waals surface area (Å²) in [6.07, 6.45) is 1.94. The van der Waals surface area contributed by atoms with Crippen molar-refractivity contribution in [2.75, 3.05) is 4.90 Å². The van der Waals surface area contributed by atoms with Gasteiger partial charge in [-0.3, -0.25) is 9.69 Å². The number of hydrogen-bond donors (Lipinski definition) is 0. The molecule has 21 heavy (non-hydrogen) atoms. The molecular weight excluding hydrogens is 318 g/mol. The number of amides is 1. The molecule has 2 aromatic rings. The van der Waals surface area contributed by atoms with Crippen molar-refractivity contribution in [1.29, 1.82) is 0 Å². The third kappa shape index (κ3) is 2.81. The Morgan fingerprint density at radius 2 is 2.05 bits per heavy atom. The Kier molecular flexibility index (Phi) is 3.97. The normalized spacial score (nSPS) is 17.0. The molecule has 2 nitrogen and oxygen atoms in total. The van der Waals surface area contributed by atoms with Gasteiger partial charge in [-0.1, -0.05) is 36.1 Å². The Balaban J connectivity index is 1.96. The van der Waals surface area contributed by atoms with Gasteiger partial charge in [0.15, 0.2) is 4.32 Å². The second-order valence-electron chi connectivity index (χ2n) is 4.82. The number of carbonyl (C=O) groups excluding carboxylic acids is 1. The highest BCUT2D eigenvalue weighted by Crippen LogP contribution is 2.37. The zero-order valence-electron chi connectivity index (χ0n) is 11.6. The number of thioether (sulfide) groups is 1. The molecule has 3 rings (SSSR count). The topological polar surface area (TPSA) is 20.3 Å². The number of aryl methyl sites for hydroxylation is 2. The summed E-state index contributed by atoms with van der Waals surface area (Å²) in [5, 5.41) is 2.03. The zero-order valence-corrected chi connectivity index (χ0v) is 14.1. The highest BCUT2D eigenvalue weighted by Gasteiger charge is 2.33.